The van der Waals surface area contributed by atoms with E-state index in [1.807, 2.05) is 79.1 Å². The Bertz CT molecular complexity index is 2360. The van der Waals surface area contributed by atoms with Gasteiger partial charge in [0.1, 0.15) is 5.60 Å². The van der Waals surface area contributed by atoms with Gasteiger partial charge in [-0.15, -0.1) is 6.58 Å². The fourth-order valence-corrected chi connectivity index (χ4v) is 28.5. The molecule has 0 saturated carbocycles. The Morgan fingerprint density at radius 3 is 2.06 bits per heavy atom. The standard InChI is InChI=1S/C55H70ClO12.3C4H9.Sn/c1-7-26-52(3)48(33-53(4)45(67-52)32-44-54(5,68-53)37-61-51(64-44)40-23-16-11-17-24-40)63-50(65-49(57)34-56)31-43-42(59-27-8-2)30-47-55(6,66-43)46(60-36-39-21-14-10-15-22-39)29-41(62-47)25-18-28-58-35-38-19-12-9-13-20-38;3*1-3-4-2;/h7-17,19-24,27,41-48,50-51H,1-2,18,25-26,28-37H2,3-6H3;3*1,3-4H2,2H3;/b27-8-;;;;/t41-,42+,43-,44+,45-,46+,47-,48-,50?,51-,52+,53+,54-,55+;;;;/m1..../s1. The number of alkyl halides is 1. The van der Waals surface area contributed by atoms with E-state index in [2.05, 4.69) is 85.4 Å². The molecule has 3 aromatic rings. The minimum absolute atomic E-state index is 0.0951. The second-order valence-corrected chi connectivity index (χ2v) is 39.0. The van der Waals surface area contributed by atoms with Crippen LogP contribution in [0.15, 0.2) is 116 Å². The summed E-state index contributed by atoms with van der Waals surface area (Å²) in [7, 11) is 0. The van der Waals surface area contributed by atoms with Gasteiger partial charge in [-0.1, -0.05) is 97.1 Å². The SMILES string of the molecule is C=CC[C@]1(C)O[C@@H]2C[C@@H]3O[C@H](c4ccccc4)OC[C@@]3(C)O[C@@]2(C)C[C@H]1OC(C[C@H]1O[C@@]2(C)[C@@H](OCc3ccccc3)C[C@@H](CCCOCc3ccccc3)O[C@@H]2C[C@@H]1O/C=C\[CH2][Sn]([CH2]CCC)([CH2]CCC)[CH2]CCC)OC(=O)CCl. The number of benzene rings is 3. The van der Waals surface area contributed by atoms with Gasteiger partial charge in [0.05, 0.1) is 25.4 Å². The van der Waals surface area contributed by atoms with Crippen molar-refractivity contribution in [1.29, 1.82) is 0 Å². The third-order valence-electron chi connectivity index (χ3n) is 18.2. The van der Waals surface area contributed by atoms with Crippen LogP contribution in [0.1, 0.15) is 161 Å². The van der Waals surface area contributed by atoms with Gasteiger partial charge in [0.2, 0.25) is 0 Å². The Morgan fingerprint density at radius 2 is 1.42 bits per heavy atom. The fraction of sp³-hybridized carbons (Fsp3) is 0.657. The number of halogens is 1. The van der Waals surface area contributed by atoms with Crippen molar-refractivity contribution in [3.05, 3.63) is 133 Å². The zero-order valence-electron chi connectivity index (χ0n) is 49.9. The Labute approximate surface area is 494 Å². The summed E-state index contributed by atoms with van der Waals surface area (Å²) in [5, 5.41) is 0. The van der Waals surface area contributed by atoms with E-state index in [1.165, 1.54) is 51.8 Å². The summed E-state index contributed by atoms with van der Waals surface area (Å²) in [5.74, 6) is -0.954. The number of carbonyl (C=O) groups excluding carboxylic acids is 1. The minimum atomic E-state index is -2.56. The van der Waals surface area contributed by atoms with Crippen LogP contribution in [0.3, 0.4) is 0 Å². The number of ether oxygens (including phenoxy) is 11. The van der Waals surface area contributed by atoms with Crippen LogP contribution < -0.4 is 0 Å². The summed E-state index contributed by atoms with van der Waals surface area (Å²) < 4.78 is 81.1. The van der Waals surface area contributed by atoms with Crippen molar-refractivity contribution < 1.29 is 56.9 Å². The second kappa shape index (κ2) is 30.5. The van der Waals surface area contributed by atoms with E-state index in [4.69, 9.17) is 63.7 Å². The molecule has 5 fully saturated rings. The zero-order valence-corrected chi connectivity index (χ0v) is 53.5. The fourth-order valence-electron chi connectivity index (χ4n) is 13.4. The van der Waals surface area contributed by atoms with Crippen LogP contribution in [-0.4, -0.2) is 121 Å². The number of fused-ring (bicyclic) bond motifs is 3. The van der Waals surface area contributed by atoms with E-state index >= 15 is 0 Å². The van der Waals surface area contributed by atoms with Crippen LogP contribution in [0.2, 0.25) is 17.7 Å². The third-order valence-corrected chi connectivity index (χ3v) is 33.6. The van der Waals surface area contributed by atoms with Gasteiger partial charge < -0.3 is 18.9 Å². The number of rotatable bonds is 31. The van der Waals surface area contributed by atoms with Crippen molar-refractivity contribution in [3.63, 3.8) is 0 Å². The van der Waals surface area contributed by atoms with Crippen molar-refractivity contribution in [2.24, 2.45) is 0 Å². The molecule has 8 rings (SSSR count). The summed E-state index contributed by atoms with van der Waals surface area (Å²) in [6.45, 7) is 21.4. The molecule has 14 heteroatoms. The van der Waals surface area contributed by atoms with Crippen molar-refractivity contribution in [1.82, 2.24) is 0 Å². The Balaban J connectivity index is 1.06. The molecule has 12 nitrogen and oxygen atoms in total. The van der Waals surface area contributed by atoms with Crippen LogP contribution >= 0.6 is 11.6 Å². The quantitative estimate of drug-likeness (QED) is 0.0116. The number of hydrogen-bond acceptors (Lipinski definition) is 12. The van der Waals surface area contributed by atoms with Crippen LogP contribution in [0.4, 0.5) is 0 Å². The van der Waals surface area contributed by atoms with E-state index in [0.717, 1.165) is 34.0 Å². The third kappa shape index (κ3) is 17.0. The first-order chi connectivity index (χ1) is 39.2. The van der Waals surface area contributed by atoms with Gasteiger partial charge in [0.15, 0.2) is 6.29 Å². The first kappa shape index (κ1) is 64.1. The molecule has 5 saturated heterocycles. The van der Waals surface area contributed by atoms with Crippen LogP contribution in [0.5, 0.6) is 0 Å². The number of allylic oxidation sites excluding steroid dienone is 1. The van der Waals surface area contributed by atoms with E-state index in [0.29, 0.717) is 58.5 Å². The summed E-state index contributed by atoms with van der Waals surface area (Å²) >= 11 is 3.71. The summed E-state index contributed by atoms with van der Waals surface area (Å²) in [4.78, 5) is 13.6. The molecule has 5 aliphatic rings. The molecule has 3 aromatic carbocycles. The molecule has 5 aliphatic heterocycles. The molecule has 1 unspecified atom stereocenters. The Hall–Kier alpha value is -2.86. The van der Waals surface area contributed by atoms with E-state index < -0.39 is 77.6 Å². The van der Waals surface area contributed by atoms with Crippen LogP contribution in [0.25, 0.3) is 0 Å². The molecule has 0 aromatic heterocycles. The predicted octanol–water partition coefficient (Wildman–Crippen LogP) is 15.1. The number of carbonyl (C=O) groups is 1. The van der Waals surface area contributed by atoms with Crippen LogP contribution in [0, 0.1) is 0 Å². The van der Waals surface area contributed by atoms with Crippen molar-refractivity contribution in [3.8, 4) is 0 Å². The van der Waals surface area contributed by atoms with Crippen LogP contribution in [-0.2, 0) is 70.1 Å². The maximum atomic E-state index is 13.6. The number of hydrogen-bond donors (Lipinski definition) is 0. The summed E-state index contributed by atoms with van der Waals surface area (Å²) in [6.07, 6.45) is 13.3. The zero-order chi connectivity index (χ0) is 57.4. The molecule has 448 valence electrons. The topological polar surface area (TPSA) is 119 Å². The van der Waals surface area contributed by atoms with Gasteiger partial charge in [0.25, 0.3) is 0 Å². The molecular formula is C67H97ClO12Sn. The molecule has 0 spiro atoms. The van der Waals surface area contributed by atoms with Gasteiger partial charge in [-0.2, -0.15) is 0 Å². The van der Waals surface area contributed by atoms with Crippen molar-refractivity contribution >= 4 is 35.9 Å². The molecule has 81 heavy (non-hydrogen) atoms. The van der Waals surface area contributed by atoms with E-state index in [1.54, 1.807) is 0 Å². The van der Waals surface area contributed by atoms with E-state index in [9.17, 15) is 4.79 Å². The molecule has 0 aliphatic carbocycles. The molecule has 0 N–H and O–H groups in total. The van der Waals surface area contributed by atoms with Gasteiger partial charge in [-0.25, -0.2) is 0 Å². The molecule has 0 bridgehead atoms. The van der Waals surface area contributed by atoms with Crippen molar-refractivity contribution in [2.45, 2.75) is 253 Å². The molecule has 0 radical (unpaired) electrons. The molecular weight excluding hydrogens is 1150 g/mol. The van der Waals surface area contributed by atoms with Gasteiger partial charge >= 0.3 is 306 Å². The normalized spacial score (nSPS) is 32.5. The first-order valence-corrected chi connectivity index (χ1v) is 39.4. The Kier molecular flexibility index (Phi) is 24.1. The summed E-state index contributed by atoms with van der Waals surface area (Å²) in [6, 6.07) is 30.6. The number of esters is 1. The average Bonchev–Trinajstić information content (AvgIpc) is 3.54. The number of unbranched alkanes of at least 4 members (excludes halogenated alkanes) is 3. The summed E-state index contributed by atoms with van der Waals surface area (Å²) in [5.41, 5.74) is -0.185. The predicted molar refractivity (Wildman–Crippen MR) is 321 cm³/mol. The molecule has 14 atom stereocenters. The monoisotopic (exact) mass is 1250 g/mol. The van der Waals surface area contributed by atoms with Crippen molar-refractivity contribution in [2.75, 3.05) is 19.1 Å². The van der Waals surface area contributed by atoms with Gasteiger partial charge in [0, 0.05) is 12.0 Å². The van der Waals surface area contributed by atoms with Gasteiger partial charge in [-0.3, -0.25) is 0 Å². The first-order valence-electron chi connectivity index (χ1n) is 30.8. The second-order valence-electron chi connectivity index (χ2n) is 24.8. The average molecular weight is 1250 g/mol. The molecule has 0 amide bonds. The van der Waals surface area contributed by atoms with Gasteiger partial charge in [-0.05, 0) is 19.4 Å². The Morgan fingerprint density at radius 1 is 0.765 bits per heavy atom. The maximum absolute atomic E-state index is 13.6. The van der Waals surface area contributed by atoms with E-state index in [-0.39, 0.29) is 42.8 Å². The molecule has 5 heterocycles.